The summed E-state index contributed by atoms with van der Waals surface area (Å²) in [7, 11) is 0. The Morgan fingerprint density at radius 3 is 2.60 bits per heavy atom. The first-order chi connectivity index (χ1) is 12.2. The second kappa shape index (κ2) is 10.3. The van der Waals surface area contributed by atoms with Gasteiger partial charge >= 0.3 is 0 Å². The third-order valence-electron chi connectivity index (χ3n) is 4.14. The monoisotopic (exact) mass is 334 g/mol. The third-order valence-corrected chi connectivity index (χ3v) is 4.14. The molecule has 0 saturated carbocycles. The number of terminal acetylenes is 1. The molecule has 0 amide bonds. The molecule has 2 nitrogen and oxygen atoms in total. The molecule has 1 N–H and O–H groups in total. The maximum absolute atomic E-state index is 10.0. The topological polar surface area (TPSA) is 29.5 Å². The number of phenolic OH excluding ortho intramolecular Hbond substituents is 1. The first-order valence-corrected chi connectivity index (χ1v) is 9.08. The number of benzene rings is 1. The number of phenols is 1. The van der Waals surface area contributed by atoms with E-state index in [1.54, 1.807) is 12.1 Å². The summed E-state index contributed by atoms with van der Waals surface area (Å²) in [5.74, 6) is 9.44. The summed E-state index contributed by atoms with van der Waals surface area (Å²) < 4.78 is 5.91. The minimum Gasteiger partial charge on any atom is -0.507 e. The molecule has 0 radical (unpaired) electrons. The van der Waals surface area contributed by atoms with E-state index in [2.05, 4.69) is 30.8 Å². The van der Waals surface area contributed by atoms with Gasteiger partial charge in [-0.3, -0.25) is 0 Å². The Bertz CT molecular complexity index is 736. The van der Waals surface area contributed by atoms with Crippen LogP contribution in [0.3, 0.4) is 0 Å². The number of unbranched alkanes of at least 4 members (excludes halogenated alkanes) is 5. The van der Waals surface area contributed by atoms with Crippen LogP contribution in [0.5, 0.6) is 11.5 Å². The Morgan fingerprint density at radius 2 is 1.88 bits per heavy atom. The van der Waals surface area contributed by atoms with Crippen molar-refractivity contribution >= 4 is 0 Å². The van der Waals surface area contributed by atoms with Gasteiger partial charge in [0.25, 0.3) is 0 Å². The van der Waals surface area contributed by atoms with Gasteiger partial charge in [-0.2, -0.15) is 0 Å². The van der Waals surface area contributed by atoms with Crippen LogP contribution in [-0.4, -0.2) is 11.7 Å². The fraction of sp³-hybridized carbons (Fsp3) is 0.391. The minimum absolute atomic E-state index is 0.0669. The third kappa shape index (κ3) is 6.09. The zero-order valence-electron chi connectivity index (χ0n) is 15.0. The van der Waals surface area contributed by atoms with E-state index in [0.29, 0.717) is 23.5 Å². The molecule has 130 valence electrons. The van der Waals surface area contributed by atoms with Crippen LogP contribution < -0.4 is 4.74 Å². The summed E-state index contributed by atoms with van der Waals surface area (Å²) in [4.78, 5) is 0. The first kappa shape index (κ1) is 18.8. The van der Waals surface area contributed by atoms with E-state index in [9.17, 15) is 5.11 Å². The van der Waals surface area contributed by atoms with Crippen molar-refractivity contribution in [2.75, 3.05) is 6.61 Å². The predicted molar refractivity (Wildman–Crippen MR) is 104 cm³/mol. The summed E-state index contributed by atoms with van der Waals surface area (Å²) >= 11 is 0. The van der Waals surface area contributed by atoms with Crippen LogP contribution >= 0.6 is 0 Å². The van der Waals surface area contributed by atoms with Gasteiger partial charge in [0.15, 0.2) is 0 Å². The molecule has 0 aromatic heterocycles. The number of ether oxygens (including phenoxy) is 1. The highest BCUT2D eigenvalue weighted by Crippen LogP contribution is 2.27. The van der Waals surface area contributed by atoms with Crippen LogP contribution in [0.2, 0.25) is 0 Å². The fourth-order valence-corrected chi connectivity index (χ4v) is 2.65. The molecule has 25 heavy (non-hydrogen) atoms. The maximum Gasteiger partial charge on any atom is 0.136 e. The average molecular weight is 334 g/mol. The van der Waals surface area contributed by atoms with Crippen LogP contribution in [0.1, 0.15) is 63.0 Å². The van der Waals surface area contributed by atoms with Gasteiger partial charge in [-0.1, -0.05) is 75.0 Å². The number of hydrogen-bond acceptors (Lipinski definition) is 2. The highest BCUT2D eigenvalue weighted by atomic mass is 16.5. The second-order valence-electron chi connectivity index (χ2n) is 6.20. The van der Waals surface area contributed by atoms with E-state index >= 15 is 0 Å². The standard InChI is InChI=1S/C23H26O2/c1-3-5-6-7-8-11-16-25-23-18-20(4-2)22(24)17-21(23)15-14-19-12-9-10-13-19/h2,9-10,12,17-18,24H,3,5-8,11,13,16H2,1H3. The highest BCUT2D eigenvalue weighted by Gasteiger charge is 2.08. The molecule has 0 spiro atoms. The molecule has 0 heterocycles. The molecule has 1 aromatic carbocycles. The first-order valence-electron chi connectivity index (χ1n) is 9.08. The van der Waals surface area contributed by atoms with E-state index in [1.165, 1.54) is 32.1 Å². The largest absolute Gasteiger partial charge is 0.507 e. The normalized spacial score (nSPS) is 12.2. The predicted octanol–water partition coefficient (Wildman–Crippen LogP) is 5.35. The van der Waals surface area contributed by atoms with Crippen molar-refractivity contribution in [2.45, 2.75) is 51.9 Å². The maximum atomic E-state index is 10.0. The molecule has 2 rings (SSSR count). The number of aromatic hydroxyl groups is 1. The minimum atomic E-state index is 0.0669. The molecule has 0 bridgehead atoms. The lowest BCUT2D eigenvalue weighted by molar-refractivity contribution is 0.303. The van der Waals surface area contributed by atoms with E-state index in [-0.39, 0.29) is 5.75 Å². The summed E-state index contributed by atoms with van der Waals surface area (Å²) in [6.07, 6.45) is 19.6. The van der Waals surface area contributed by atoms with Gasteiger partial charge in [-0.15, -0.1) is 6.42 Å². The van der Waals surface area contributed by atoms with Crippen molar-refractivity contribution < 1.29 is 9.84 Å². The highest BCUT2D eigenvalue weighted by molar-refractivity contribution is 5.58. The molecule has 1 aliphatic rings. The van der Waals surface area contributed by atoms with Gasteiger partial charge in [-0.05, 0) is 12.8 Å². The van der Waals surface area contributed by atoms with E-state index in [0.717, 1.165) is 18.4 Å². The summed E-state index contributed by atoms with van der Waals surface area (Å²) in [5, 5.41) is 10.0. The Balaban J connectivity index is 2.00. The number of allylic oxidation sites excluding steroid dienone is 4. The number of hydrogen-bond donors (Lipinski definition) is 1. The van der Waals surface area contributed by atoms with Crippen molar-refractivity contribution in [1.29, 1.82) is 0 Å². The van der Waals surface area contributed by atoms with E-state index in [4.69, 9.17) is 11.2 Å². The SMILES string of the molecule is C#Cc1cc(OCCCCCCCC)c(C#CC2=CC=CC2)cc1O. The Hall–Kier alpha value is -2.58. The van der Waals surface area contributed by atoms with Crippen molar-refractivity contribution in [3.05, 3.63) is 47.1 Å². The van der Waals surface area contributed by atoms with Crippen molar-refractivity contribution in [3.8, 4) is 35.7 Å². The smallest absolute Gasteiger partial charge is 0.136 e. The van der Waals surface area contributed by atoms with Gasteiger partial charge < -0.3 is 9.84 Å². The average Bonchev–Trinajstić information content (AvgIpc) is 3.14. The van der Waals surface area contributed by atoms with Gasteiger partial charge in [0.1, 0.15) is 11.5 Å². The van der Waals surface area contributed by atoms with Gasteiger partial charge in [0, 0.05) is 17.7 Å². The van der Waals surface area contributed by atoms with Crippen LogP contribution in [0.25, 0.3) is 0 Å². The van der Waals surface area contributed by atoms with Crippen molar-refractivity contribution in [1.82, 2.24) is 0 Å². The van der Waals surface area contributed by atoms with Crippen LogP contribution in [0.4, 0.5) is 0 Å². The lowest BCUT2D eigenvalue weighted by Crippen LogP contribution is -2.00. The molecule has 0 unspecified atom stereocenters. The Labute approximate surface area is 151 Å². The van der Waals surface area contributed by atoms with Gasteiger partial charge in [0.05, 0.1) is 17.7 Å². The summed E-state index contributed by atoms with van der Waals surface area (Å²) in [6.45, 7) is 2.86. The lowest BCUT2D eigenvalue weighted by atomic mass is 10.1. The van der Waals surface area contributed by atoms with E-state index in [1.807, 2.05) is 12.2 Å². The molecule has 1 aliphatic carbocycles. The molecule has 0 saturated heterocycles. The summed E-state index contributed by atoms with van der Waals surface area (Å²) in [6, 6.07) is 3.30. The quantitative estimate of drug-likeness (QED) is 0.513. The zero-order valence-corrected chi connectivity index (χ0v) is 15.0. The van der Waals surface area contributed by atoms with Crippen LogP contribution in [0.15, 0.2) is 35.9 Å². The van der Waals surface area contributed by atoms with Gasteiger partial charge in [-0.25, -0.2) is 0 Å². The summed E-state index contributed by atoms with van der Waals surface area (Å²) in [5.41, 5.74) is 2.17. The Morgan fingerprint density at radius 1 is 1.08 bits per heavy atom. The lowest BCUT2D eigenvalue weighted by Gasteiger charge is -2.10. The van der Waals surface area contributed by atoms with Crippen molar-refractivity contribution in [2.24, 2.45) is 0 Å². The Kier molecular flexibility index (Phi) is 7.74. The second-order valence-corrected chi connectivity index (χ2v) is 6.20. The number of rotatable bonds is 8. The zero-order chi connectivity index (χ0) is 17.9. The molecular weight excluding hydrogens is 308 g/mol. The molecule has 0 aliphatic heterocycles. The molecule has 0 fully saturated rings. The van der Waals surface area contributed by atoms with Crippen LogP contribution in [0, 0.1) is 24.2 Å². The molecule has 1 aromatic rings. The van der Waals surface area contributed by atoms with Crippen LogP contribution in [-0.2, 0) is 0 Å². The molecular formula is C23H26O2. The van der Waals surface area contributed by atoms with Crippen molar-refractivity contribution in [3.63, 3.8) is 0 Å². The van der Waals surface area contributed by atoms with E-state index < -0.39 is 0 Å². The fourth-order valence-electron chi connectivity index (χ4n) is 2.65. The molecule has 2 heteroatoms. The molecule has 0 atom stereocenters. The van der Waals surface area contributed by atoms with Gasteiger partial charge in [0.2, 0.25) is 0 Å².